The highest BCUT2D eigenvalue weighted by atomic mass is 16.5. The molecule has 0 bridgehead atoms. The number of hydrogen-bond acceptors (Lipinski definition) is 4. The molecule has 1 heterocycles. The third-order valence-corrected chi connectivity index (χ3v) is 2.87. The Morgan fingerprint density at radius 2 is 1.71 bits per heavy atom. The molecule has 0 atom stereocenters. The lowest BCUT2D eigenvalue weighted by Gasteiger charge is -2.09. The fourth-order valence-electron chi connectivity index (χ4n) is 1.79. The predicted molar refractivity (Wildman–Crippen MR) is 81.0 cm³/mol. The van der Waals surface area contributed by atoms with Crippen molar-refractivity contribution in [2.45, 2.75) is 26.8 Å². The summed E-state index contributed by atoms with van der Waals surface area (Å²) in [5.74, 6) is 1.58. The molecule has 1 aromatic heterocycles. The van der Waals surface area contributed by atoms with E-state index in [2.05, 4.69) is 12.0 Å². The highest BCUT2D eigenvalue weighted by molar-refractivity contribution is 5.31. The molecular formula is C16H20N2O3. The van der Waals surface area contributed by atoms with Crippen LogP contribution in [0.5, 0.6) is 11.5 Å². The zero-order valence-corrected chi connectivity index (χ0v) is 12.4. The van der Waals surface area contributed by atoms with Gasteiger partial charge >= 0.3 is 0 Å². The monoisotopic (exact) mass is 288 g/mol. The van der Waals surface area contributed by atoms with Crippen molar-refractivity contribution in [2.24, 2.45) is 0 Å². The molecule has 112 valence electrons. The summed E-state index contributed by atoms with van der Waals surface area (Å²) in [6.07, 6.45) is 2.65. The molecule has 2 aromatic rings. The first-order valence-electron chi connectivity index (χ1n) is 7.08. The smallest absolute Gasteiger partial charge is 0.267 e. The van der Waals surface area contributed by atoms with E-state index >= 15 is 0 Å². The van der Waals surface area contributed by atoms with E-state index in [1.165, 1.54) is 4.68 Å². The number of ether oxygens (including phenoxy) is 2. The van der Waals surface area contributed by atoms with Gasteiger partial charge in [-0.3, -0.25) is 4.79 Å². The van der Waals surface area contributed by atoms with Crippen LogP contribution in [0.3, 0.4) is 0 Å². The molecule has 0 N–H and O–H groups in total. The van der Waals surface area contributed by atoms with Gasteiger partial charge in [0.2, 0.25) is 0 Å². The average molecular weight is 288 g/mol. The fraction of sp³-hybridized carbons (Fsp3) is 0.375. The van der Waals surface area contributed by atoms with Crippen LogP contribution >= 0.6 is 0 Å². The standard InChI is InChI=1S/C16H20N2O3/c1-3-9-20-14-4-6-15(7-5-14)21-10-8-18-16(19)11-13(2)12-17-18/h4-7,11-12H,3,8-10H2,1-2H3. The third kappa shape index (κ3) is 4.63. The van der Waals surface area contributed by atoms with Gasteiger partial charge in [0.15, 0.2) is 0 Å². The van der Waals surface area contributed by atoms with Crippen LogP contribution in [0.15, 0.2) is 41.3 Å². The Balaban J connectivity index is 1.84. The van der Waals surface area contributed by atoms with Gasteiger partial charge in [-0.1, -0.05) is 6.92 Å². The highest BCUT2D eigenvalue weighted by Crippen LogP contribution is 2.17. The number of hydrogen-bond donors (Lipinski definition) is 0. The second-order valence-electron chi connectivity index (χ2n) is 4.76. The van der Waals surface area contributed by atoms with Crippen molar-refractivity contribution in [1.29, 1.82) is 0 Å². The Kier molecular flexibility index (Phi) is 5.37. The molecule has 0 aliphatic carbocycles. The second kappa shape index (κ2) is 7.47. The molecule has 0 aliphatic heterocycles. The minimum Gasteiger partial charge on any atom is -0.494 e. The molecule has 2 rings (SSSR count). The third-order valence-electron chi connectivity index (χ3n) is 2.87. The van der Waals surface area contributed by atoms with Crippen LogP contribution in [-0.2, 0) is 6.54 Å². The largest absolute Gasteiger partial charge is 0.494 e. The van der Waals surface area contributed by atoms with E-state index in [-0.39, 0.29) is 5.56 Å². The van der Waals surface area contributed by atoms with Crippen LogP contribution in [0.2, 0.25) is 0 Å². The zero-order valence-electron chi connectivity index (χ0n) is 12.4. The molecule has 1 aromatic carbocycles. The van der Waals surface area contributed by atoms with Gasteiger partial charge in [-0.05, 0) is 43.2 Å². The van der Waals surface area contributed by atoms with Crippen molar-refractivity contribution < 1.29 is 9.47 Å². The predicted octanol–water partition coefficient (Wildman–Crippen LogP) is 2.42. The van der Waals surface area contributed by atoms with E-state index in [0.717, 1.165) is 23.5 Å². The highest BCUT2D eigenvalue weighted by Gasteiger charge is 2.00. The normalized spacial score (nSPS) is 10.4. The van der Waals surface area contributed by atoms with Crippen molar-refractivity contribution in [2.75, 3.05) is 13.2 Å². The lowest BCUT2D eigenvalue weighted by molar-refractivity contribution is 0.285. The van der Waals surface area contributed by atoms with Gasteiger partial charge in [-0.2, -0.15) is 5.10 Å². The SMILES string of the molecule is CCCOc1ccc(OCCn2ncc(C)cc2=O)cc1. The molecule has 0 unspecified atom stereocenters. The van der Waals surface area contributed by atoms with Crippen molar-refractivity contribution in [3.8, 4) is 11.5 Å². The molecule has 21 heavy (non-hydrogen) atoms. The summed E-state index contributed by atoms with van der Waals surface area (Å²) in [7, 11) is 0. The van der Waals surface area contributed by atoms with Gasteiger partial charge in [0, 0.05) is 6.07 Å². The van der Waals surface area contributed by atoms with Gasteiger partial charge in [0.1, 0.15) is 18.1 Å². The molecule has 5 heteroatoms. The number of rotatable bonds is 7. The first kappa shape index (κ1) is 15.1. The lowest BCUT2D eigenvalue weighted by atomic mass is 10.3. The topological polar surface area (TPSA) is 53.4 Å². The molecule has 0 amide bonds. The van der Waals surface area contributed by atoms with Gasteiger partial charge in [0.25, 0.3) is 5.56 Å². The maximum Gasteiger partial charge on any atom is 0.267 e. The summed E-state index contributed by atoms with van der Waals surface area (Å²) < 4.78 is 12.5. The maximum absolute atomic E-state index is 11.7. The molecule has 0 saturated heterocycles. The number of benzene rings is 1. The van der Waals surface area contributed by atoms with Crippen LogP contribution in [0.1, 0.15) is 18.9 Å². The number of nitrogens with zero attached hydrogens (tertiary/aromatic N) is 2. The molecule has 0 saturated carbocycles. The summed E-state index contributed by atoms with van der Waals surface area (Å²) >= 11 is 0. The first-order chi connectivity index (χ1) is 10.2. The van der Waals surface area contributed by atoms with E-state index in [9.17, 15) is 4.79 Å². The Labute approximate surface area is 124 Å². The average Bonchev–Trinajstić information content (AvgIpc) is 2.48. The van der Waals surface area contributed by atoms with Gasteiger partial charge in [0.05, 0.1) is 19.3 Å². The van der Waals surface area contributed by atoms with Crippen LogP contribution in [0, 0.1) is 6.92 Å². The molecule has 0 radical (unpaired) electrons. The second-order valence-corrected chi connectivity index (χ2v) is 4.76. The van der Waals surface area contributed by atoms with Crippen LogP contribution in [0.4, 0.5) is 0 Å². The summed E-state index contributed by atoms with van der Waals surface area (Å²) in [4.78, 5) is 11.7. The van der Waals surface area contributed by atoms with Gasteiger partial charge in [-0.15, -0.1) is 0 Å². The minimum atomic E-state index is -0.109. The number of aryl methyl sites for hydroxylation is 1. The number of aromatic nitrogens is 2. The van der Waals surface area contributed by atoms with E-state index in [4.69, 9.17) is 9.47 Å². The Bertz CT molecular complexity index is 620. The van der Waals surface area contributed by atoms with E-state index in [0.29, 0.717) is 19.8 Å². The summed E-state index contributed by atoms with van der Waals surface area (Å²) in [6.45, 7) is 5.44. The Morgan fingerprint density at radius 1 is 1.10 bits per heavy atom. The molecule has 0 aliphatic rings. The molecule has 0 spiro atoms. The van der Waals surface area contributed by atoms with Crippen molar-refractivity contribution in [3.05, 3.63) is 52.4 Å². The fourth-order valence-corrected chi connectivity index (χ4v) is 1.79. The van der Waals surface area contributed by atoms with Crippen molar-refractivity contribution in [3.63, 3.8) is 0 Å². The van der Waals surface area contributed by atoms with E-state index in [1.54, 1.807) is 12.3 Å². The van der Waals surface area contributed by atoms with Gasteiger partial charge < -0.3 is 9.47 Å². The van der Waals surface area contributed by atoms with Crippen molar-refractivity contribution in [1.82, 2.24) is 9.78 Å². The summed E-state index contributed by atoms with van der Waals surface area (Å²) in [5, 5.41) is 4.06. The minimum absolute atomic E-state index is 0.109. The van der Waals surface area contributed by atoms with Crippen LogP contribution < -0.4 is 15.0 Å². The molecule has 5 nitrogen and oxygen atoms in total. The summed E-state index contributed by atoms with van der Waals surface area (Å²) in [6, 6.07) is 9.03. The first-order valence-corrected chi connectivity index (χ1v) is 7.08. The molecular weight excluding hydrogens is 268 g/mol. The van der Waals surface area contributed by atoms with Crippen molar-refractivity contribution >= 4 is 0 Å². The quantitative estimate of drug-likeness (QED) is 0.785. The van der Waals surface area contributed by atoms with Crippen LogP contribution in [0.25, 0.3) is 0 Å². The summed E-state index contributed by atoms with van der Waals surface area (Å²) in [5.41, 5.74) is 0.752. The van der Waals surface area contributed by atoms with Crippen LogP contribution in [-0.4, -0.2) is 23.0 Å². The van der Waals surface area contributed by atoms with E-state index < -0.39 is 0 Å². The Morgan fingerprint density at radius 3 is 2.29 bits per heavy atom. The Hall–Kier alpha value is -2.30. The zero-order chi connectivity index (χ0) is 15.1. The van der Waals surface area contributed by atoms with E-state index in [1.807, 2.05) is 31.2 Å². The lowest BCUT2D eigenvalue weighted by Crippen LogP contribution is -2.25. The maximum atomic E-state index is 11.7. The molecule has 0 fully saturated rings. The van der Waals surface area contributed by atoms with Gasteiger partial charge in [-0.25, -0.2) is 4.68 Å².